The first kappa shape index (κ1) is 32.5. The van der Waals surface area contributed by atoms with E-state index in [0.717, 1.165) is 84.0 Å². The van der Waals surface area contributed by atoms with Gasteiger partial charge in [-0.3, -0.25) is 0 Å². The van der Waals surface area contributed by atoms with E-state index in [1.165, 1.54) is 62.6 Å². The molecule has 0 unspecified atom stereocenters. The van der Waals surface area contributed by atoms with Gasteiger partial charge in [-0.15, -0.1) is 45.3 Å². The first-order valence-corrected chi connectivity index (χ1v) is 21.2. The van der Waals surface area contributed by atoms with E-state index in [0.29, 0.717) is 22.2 Å². The van der Waals surface area contributed by atoms with Gasteiger partial charge in [-0.05, 0) is 83.0 Å². The molecule has 0 N–H and O–H groups in total. The Morgan fingerprint density at radius 1 is 0.551 bits per heavy atom. The van der Waals surface area contributed by atoms with Crippen molar-refractivity contribution in [2.75, 3.05) is 0 Å². The van der Waals surface area contributed by atoms with Gasteiger partial charge in [-0.25, -0.2) is 0 Å². The molecule has 0 radical (unpaired) electrons. The first-order valence-electron chi connectivity index (χ1n) is 17.1. The van der Waals surface area contributed by atoms with Gasteiger partial charge in [0.05, 0.1) is 22.9 Å². The number of aromatic nitrogens is 2. The van der Waals surface area contributed by atoms with Crippen molar-refractivity contribution in [3.8, 4) is 33.0 Å². The number of rotatable bonds is 10. The van der Waals surface area contributed by atoms with Gasteiger partial charge in [0.15, 0.2) is 0 Å². The minimum atomic E-state index is 0.398. The quantitative estimate of drug-likeness (QED) is 0.140. The van der Waals surface area contributed by atoms with Gasteiger partial charge in [0, 0.05) is 61.2 Å². The molecule has 0 aliphatic rings. The number of hydrogen-bond acceptors (Lipinski definition) is 9. The van der Waals surface area contributed by atoms with E-state index in [9.17, 15) is 10.5 Å². The summed E-state index contributed by atoms with van der Waals surface area (Å²) in [5.41, 5.74) is 9.53. The molecule has 0 bridgehead atoms. The van der Waals surface area contributed by atoms with Gasteiger partial charge < -0.3 is 0 Å². The summed E-state index contributed by atoms with van der Waals surface area (Å²) in [4.78, 5) is 1.97. The molecule has 0 spiro atoms. The van der Waals surface area contributed by atoms with Crippen LogP contribution in [0.3, 0.4) is 0 Å². The fourth-order valence-corrected chi connectivity index (χ4v) is 12.9. The van der Waals surface area contributed by atoms with Crippen LogP contribution < -0.4 is 0 Å². The summed E-state index contributed by atoms with van der Waals surface area (Å²) < 4.78 is 15.1. The van der Waals surface area contributed by atoms with E-state index in [-0.39, 0.29) is 0 Å². The van der Waals surface area contributed by atoms with Crippen LogP contribution in [0.15, 0.2) is 35.0 Å². The zero-order valence-corrected chi connectivity index (χ0v) is 32.0. The van der Waals surface area contributed by atoms with Crippen molar-refractivity contribution in [2.24, 2.45) is 0 Å². The Kier molecular flexibility index (Phi) is 8.76. The molecule has 5 heterocycles. The topological polar surface area (TPSA) is 73.4 Å². The van der Waals surface area contributed by atoms with Gasteiger partial charge >= 0.3 is 0 Å². The van der Waals surface area contributed by atoms with Crippen LogP contribution >= 0.6 is 57.1 Å². The van der Waals surface area contributed by atoms with E-state index in [1.807, 2.05) is 22.7 Å². The van der Waals surface area contributed by atoms with Crippen LogP contribution in [0, 0.1) is 22.7 Å². The molecule has 8 rings (SSSR count). The number of aryl methyl sites for hydroxylation is 4. The van der Waals surface area contributed by atoms with E-state index in [1.54, 1.807) is 22.7 Å². The lowest BCUT2D eigenvalue weighted by molar-refractivity contribution is 0.877. The lowest BCUT2D eigenvalue weighted by Crippen LogP contribution is -1.95. The second-order valence-corrected chi connectivity index (χ2v) is 17.1. The SMILES string of the molecule is CCCc1c(CCC)c2sc(-c3c(C#N)c(C#N)c(-c4cc5c(s4)c(CCC)c(CCC)c4sccc45)c4nsnc34)cc2c2ccsc12. The van der Waals surface area contributed by atoms with Crippen LogP contribution in [0.2, 0.25) is 0 Å². The average Bonchev–Trinajstić information content (AvgIpc) is 3.95. The normalized spacial score (nSPS) is 11.9. The maximum atomic E-state index is 10.9. The van der Waals surface area contributed by atoms with E-state index < -0.39 is 0 Å². The summed E-state index contributed by atoms with van der Waals surface area (Å²) in [6.45, 7) is 9.00. The van der Waals surface area contributed by atoms with Crippen LogP contribution in [0.25, 0.3) is 72.3 Å². The summed E-state index contributed by atoms with van der Waals surface area (Å²) in [7, 11) is 0. The van der Waals surface area contributed by atoms with Gasteiger partial charge in [-0.2, -0.15) is 19.3 Å². The van der Waals surface area contributed by atoms with E-state index >= 15 is 0 Å². The van der Waals surface area contributed by atoms with Crippen molar-refractivity contribution >= 4 is 108 Å². The lowest BCUT2D eigenvalue weighted by atomic mass is 9.92. The van der Waals surface area contributed by atoms with E-state index in [4.69, 9.17) is 8.75 Å². The monoisotopic (exact) mass is 730 g/mol. The molecule has 0 atom stereocenters. The van der Waals surface area contributed by atoms with Crippen LogP contribution in [0.5, 0.6) is 0 Å². The van der Waals surface area contributed by atoms with Gasteiger partial charge in [0.25, 0.3) is 0 Å². The molecule has 0 amide bonds. The predicted molar refractivity (Wildman–Crippen MR) is 215 cm³/mol. The third-order valence-corrected chi connectivity index (χ3v) is 14.5. The highest BCUT2D eigenvalue weighted by atomic mass is 32.1. The molecule has 5 aromatic heterocycles. The number of fused-ring (bicyclic) bond motifs is 7. The number of nitriles is 2. The van der Waals surface area contributed by atoms with Crippen LogP contribution in [0.1, 0.15) is 86.8 Å². The second-order valence-electron chi connectivity index (χ2n) is 12.6. The summed E-state index contributed by atoms with van der Waals surface area (Å²) >= 11 is 8.32. The third-order valence-electron chi connectivity index (χ3n) is 9.63. The maximum Gasteiger partial charge on any atom is 0.115 e. The molecule has 0 saturated heterocycles. The smallest absolute Gasteiger partial charge is 0.115 e. The lowest BCUT2D eigenvalue weighted by Gasteiger charge is -2.12. The second kappa shape index (κ2) is 13.2. The molecular weight excluding hydrogens is 697 g/mol. The van der Waals surface area contributed by atoms with Crippen molar-refractivity contribution in [1.82, 2.24) is 8.75 Å². The molecule has 4 nitrogen and oxygen atoms in total. The van der Waals surface area contributed by atoms with Gasteiger partial charge in [0.1, 0.15) is 23.2 Å². The summed E-state index contributed by atoms with van der Waals surface area (Å²) in [5, 5.41) is 31.1. The van der Waals surface area contributed by atoms with Crippen molar-refractivity contribution in [3.63, 3.8) is 0 Å². The standard InChI is InChI=1S/C40H34N4S5/c1-5-9-21-23(11-7-3)39-27(25-13-15-45-37(21)25)17-31(47-39)33-29(19-41)30(20-42)34(36-35(33)43-49-44-36)32-18-28-26-14-16-46-38(26)22(10-6-2)24(12-8-4)40(28)48-32/h13-18H,5-12H2,1-4H3. The van der Waals surface area contributed by atoms with Crippen molar-refractivity contribution < 1.29 is 0 Å². The van der Waals surface area contributed by atoms with Crippen molar-refractivity contribution in [2.45, 2.75) is 79.1 Å². The third kappa shape index (κ3) is 4.97. The molecule has 8 aromatic rings. The summed E-state index contributed by atoms with van der Waals surface area (Å²) in [6, 6.07) is 14.0. The maximum absolute atomic E-state index is 10.9. The highest BCUT2D eigenvalue weighted by molar-refractivity contribution is 7.24. The number of nitrogens with zero attached hydrogens (tertiary/aromatic N) is 4. The average molecular weight is 731 g/mol. The minimum absolute atomic E-state index is 0.398. The molecular formula is C40H34N4S5. The van der Waals surface area contributed by atoms with Gasteiger partial charge in [0.2, 0.25) is 0 Å². The Balaban J connectivity index is 1.42. The Morgan fingerprint density at radius 2 is 0.939 bits per heavy atom. The first-order chi connectivity index (χ1) is 24.1. The van der Waals surface area contributed by atoms with Crippen molar-refractivity contribution in [3.05, 3.63) is 68.4 Å². The Bertz CT molecular complexity index is 2470. The predicted octanol–water partition coefficient (Wildman–Crippen LogP) is 13.4. The van der Waals surface area contributed by atoms with Gasteiger partial charge in [-0.1, -0.05) is 53.4 Å². The Labute approximate surface area is 306 Å². The number of hydrogen-bond donors (Lipinski definition) is 0. The van der Waals surface area contributed by atoms with Crippen LogP contribution in [0.4, 0.5) is 0 Å². The molecule has 0 saturated carbocycles. The Morgan fingerprint density at radius 3 is 1.31 bits per heavy atom. The number of thiophene rings is 4. The fourth-order valence-electron chi connectivity index (χ4n) is 7.70. The molecule has 3 aromatic carbocycles. The molecule has 0 fully saturated rings. The molecule has 49 heavy (non-hydrogen) atoms. The minimum Gasteiger partial charge on any atom is -0.192 e. The highest BCUT2D eigenvalue weighted by Gasteiger charge is 2.28. The largest absolute Gasteiger partial charge is 0.192 e. The zero-order chi connectivity index (χ0) is 33.8. The summed E-state index contributed by atoms with van der Waals surface area (Å²) in [6.07, 6.45) is 8.48. The highest BCUT2D eigenvalue weighted by Crippen LogP contribution is 2.50. The Hall–Kier alpha value is -3.70. The summed E-state index contributed by atoms with van der Waals surface area (Å²) in [5.74, 6) is 0. The van der Waals surface area contributed by atoms with Crippen LogP contribution in [-0.4, -0.2) is 8.75 Å². The zero-order valence-electron chi connectivity index (χ0n) is 28.0. The fraction of sp³-hybridized carbons (Fsp3) is 0.300. The molecule has 0 aliphatic carbocycles. The van der Waals surface area contributed by atoms with Crippen LogP contribution in [-0.2, 0) is 25.7 Å². The number of benzene rings is 3. The molecule has 9 heteroatoms. The van der Waals surface area contributed by atoms with E-state index in [2.05, 4.69) is 74.9 Å². The molecule has 244 valence electrons. The molecule has 0 aliphatic heterocycles. The van der Waals surface area contributed by atoms with Crippen molar-refractivity contribution in [1.29, 1.82) is 10.5 Å².